The van der Waals surface area contributed by atoms with E-state index in [1.807, 2.05) is 68.3 Å². The zero-order valence-corrected chi connectivity index (χ0v) is 18.7. The van der Waals surface area contributed by atoms with E-state index < -0.39 is 0 Å². The number of likely N-dealkylation sites (N-methyl/N-ethyl adjacent to an activating group) is 1. The van der Waals surface area contributed by atoms with E-state index in [1.54, 1.807) is 6.20 Å². The lowest BCUT2D eigenvalue weighted by atomic mass is 10.2. The summed E-state index contributed by atoms with van der Waals surface area (Å²) >= 11 is 0. The van der Waals surface area contributed by atoms with Crippen LogP contribution in [0.5, 0.6) is 0 Å². The number of nitrogens with zero attached hydrogens (tertiary/aromatic N) is 5. The van der Waals surface area contributed by atoms with Gasteiger partial charge in [0.25, 0.3) is 0 Å². The van der Waals surface area contributed by atoms with Crippen LogP contribution in [0.15, 0.2) is 48.7 Å². The molecule has 2 aromatic heterocycles. The Morgan fingerprint density at radius 3 is 2.53 bits per heavy atom. The number of rotatable bonds is 6. The van der Waals surface area contributed by atoms with Crippen LogP contribution in [0.3, 0.4) is 0 Å². The number of hydrogen-bond donors (Lipinski definition) is 1. The van der Waals surface area contributed by atoms with Crippen molar-refractivity contribution in [3.63, 3.8) is 0 Å². The van der Waals surface area contributed by atoms with E-state index in [1.165, 1.54) is 0 Å². The lowest BCUT2D eigenvalue weighted by molar-refractivity contribution is -0.114. The molecule has 1 aliphatic rings. The molecule has 166 valence electrons. The van der Waals surface area contributed by atoms with E-state index in [2.05, 4.69) is 25.2 Å². The van der Waals surface area contributed by atoms with E-state index in [0.29, 0.717) is 11.5 Å². The Morgan fingerprint density at radius 1 is 1.09 bits per heavy atom. The van der Waals surface area contributed by atoms with Gasteiger partial charge >= 0.3 is 0 Å². The maximum Gasteiger partial charge on any atom is 0.243 e. The second-order valence-electron chi connectivity index (χ2n) is 7.85. The molecule has 0 saturated carbocycles. The lowest BCUT2D eigenvalue weighted by Gasteiger charge is -2.29. The molecule has 8 nitrogen and oxygen atoms in total. The monoisotopic (exact) mass is 432 g/mol. The predicted octanol–water partition coefficient (Wildman–Crippen LogP) is 3.07. The summed E-state index contributed by atoms with van der Waals surface area (Å²) in [6.45, 7) is 7.33. The molecule has 1 aliphatic heterocycles. The molecule has 0 radical (unpaired) electrons. The first kappa shape index (κ1) is 21.7. The minimum absolute atomic E-state index is 0.110. The molecule has 0 aliphatic carbocycles. The van der Waals surface area contributed by atoms with E-state index in [0.717, 1.165) is 54.8 Å². The highest BCUT2D eigenvalue weighted by Gasteiger charge is 2.16. The van der Waals surface area contributed by atoms with Gasteiger partial charge in [0, 0.05) is 49.0 Å². The fourth-order valence-electron chi connectivity index (χ4n) is 3.66. The third-order valence-corrected chi connectivity index (χ3v) is 5.53. The van der Waals surface area contributed by atoms with Crippen LogP contribution in [0.2, 0.25) is 0 Å². The number of nitrogens with one attached hydrogen (secondary N) is 1. The number of pyridine rings is 1. The van der Waals surface area contributed by atoms with Crippen LogP contribution < -0.4 is 15.1 Å². The second kappa shape index (κ2) is 9.74. The summed E-state index contributed by atoms with van der Waals surface area (Å²) in [5.41, 5.74) is 4.41. The van der Waals surface area contributed by atoms with E-state index in [9.17, 15) is 4.79 Å². The van der Waals surface area contributed by atoms with Crippen molar-refractivity contribution in [3.05, 3.63) is 59.9 Å². The van der Waals surface area contributed by atoms with Crippen LogP contribution in [0.4, 0.5) is 17.2 Å². The van der Waals surface area contributed by atoms with Gasteiger partial charge in [-0.25, -0.2) is 9.97 Å². The number of amides is 1. The first-order chi connectivity index (χ1) is 15.5. The molecule has 0 bridgehead atoms. The molecule has 1 fully saturated rings. The average molecular weight is 433 g/mol. The summed E-state index contributed by atoms with van der Waals surface area (Å²) in [7, 11) is 1.86. The zero-order chi connectivity index (χ0) is 22.5. The number of ether oxygens (including phenoxy) is 1. The number of aromatic nitrogens is 3. The molecule has 32 heavy (non-hydrogen) atoms. The van der Waals surface area contributed by atoms with Gasteiger partial charge in [-0.15, -0.1) is 0 Å². The maximum absolute atomic E-state index is 12.7. The van der Waals surface area contributed by atoms with E-state index in [4.69, 9.17) is 4.74 Å². The van der Waals surface area contributed by atoms with Crippen LogP contribution in [-0.4, -0.2) is 60.8 Å². The van der Waals surface area contributed by atoms with Crippen molar-refractivity contribution in [1.82, 2.24) is 15.0 Å². The van der Waals surface area contributed by atoms with Gasteiger partial charge in [0.05, 0.1) is 19.8 Å². The maximum atomic E-state index is 12.7. The second-order valence-corrected chi connectivity index (χ2v) is 7.85. The Labute approximate surface area is 188 Å². The Bertz CT molecular complexity index is 1070. The summed E-state index contributed by atoms with van der Waals surface area (Å²) < 4.78 is 5.40. The first-order valence-corrected chi connectivity index (χ1v) is 10.7. The molecule has 1 saturated heterocycles. The highest BCUT2D eigenvalue weighted by molar-refractivity contribution is 5.94. The summed E-state index contributed by atoms with van der Waals surface area (Å²) in [5.74, 6) is 1.16. The quantitative estimate of drug-likeness (QED) is 0.641. The molecule has 4 rings (SSSR count). The summed E-state index contributed by atoms with van der Waals surface area (Å²) in [6.07, 6.45) is 1.72. The average Bonchev–Trinajstić information content (AvgIpc) is 2.82. The largest absolute Gasteiger partial charge is 0.378 e. The van der Waals surface area contributed by atoms with Crippen molar-refractivity contribution in [1.29, 1.82) is 0 Å². The van der Waals surface area contributed by atoms with Crippen LogP contribution in [0, 0.1) is 13.8 Å². The topological polar surface area (TPSA) is 83.5 Å². The first-order valence-electron chi connectivity index (χ1n) is 10.7. The van der Waals surface area contributed by atoms with Crippen LogP contribution in [-0.2, 0) is 9.53 Å². The molecule has 0 spiro atoms. The fraction of sp³-hybridized carbons (Fsp3) is 0.333. The van der Waals surface area contributed by atoms with Gasteiger partial charge in [0.1, 0.15) is 11.5 Å². The smallest absolute Gasteiger partial charge is 0.243 e. The molecule has 1 N–H and O–H groups in total. The number of anilines is 3. The van der Waals surface area contributed by atoms with Gasteiger partial charge in [0.15, 0.2) is 5.82 Å². The Morgan fingerprint density at radius 2 is 1.84 bits per heavy atom. The third-order valence-electron chi connectivity index (χ3n) is 5.53. The number of carbonyl (C=O) groups is 1. The molecule has 0 atom stereocenters. The van der Waals surface area contributed by atoms with E-state index in [-0.39, 0.29) is 12.5 Å². The number of aryl methyl sites for hydroxylation is 1. The highest BCUT2D eigenvalue weighted by atomic mass is 16.5. The summed E-state index contributed by atoms with van der Waals surface area (Å²) in [5, 5.41) is 2.97. The van der Waals surface area contributed by atoms with Crippen LogP contribution >= 0.6 is 0 Å². The van der Waals surface area contributed by atoms with Gasteiger partial charge in [-0.3, -0.25) is 9.78 Å². The molecular weight excluding hydrogens is 404 g/mol. The Balaban J connectivity index is 1.43. The van der Waals surface area contributed by atoms with Crippen molar-refractivity contribution in [3.8, 4) is 11.5 Å². The van der Waals surface area contributed by atoms with Crippen molar-refractivity contribution < 1.29 is 9.53 Å². The zero-order valence-electron chi connectivity index (χ0n) is 18.7. The van der Waals surface area contributed by atoms with Crippen molar-refractivity contribution >= 4 is 23.1 Å². The molecular formula is C24H28N6O2. The highest BCUT2D eigenvalue weighted by Crippen LogP contribution is 2.23. The van der Waals surface area contributed by atoms with Gasteiger partial charge in [-0.2, -0.15) is 0 Å². The van der Waals surface area contributed by atoms with Gasteiger partial charge in [0.2, 0.25) is 5.91 Å². The Kier molecular flexibility index (Phi) is 6.61. The molecule has 1 aromatic carbocycles. The van der Waals surface area contributed by atoms with Gasteiger partial charge in [-0.1, -0.05) is 6.07 Å². The predicted molar refractivity (Wildman–Crippen MR) is 126 cm³/mol. The van der Waals surface area contributed by atoms with Gasteiger partial charge < -0.3 is 19.9 Å². The fourth-order valence-corrected chi connectivity index (χ4v) is 3.66. The molecule has 0 unspecified atom stereocenters. The van der Waals surface area contributed by atoms with Crippen LogP contribution in [0.1, 0.15) is 11.3 Å². The number of carbonyl (C=O) groups excluding carboxylic acids is 1. The summed E-state index contributed by atoms with van der Waals surface area (Å²) in [4.78, 5) is 30.4. The minimum Gasteiger partial charge on any atom is -0.378 e. The summed E-state index contributed by atoms with van der Waals surface area (Å²) in [6, 6.07) is 13.6. The van der Waals surface area contributed by atoms with Gasteiger partial charge in [-0.05, 0) is 50.2 Å². The Hall–Kier alpha value is -3.52. The third kappa shape index (κ3) is 5.03. The molecule has 3 heterocycles. The van der Waals surface area contributed by atoms with E-state index >= 15 is 0 Å². The molecule has 1 amide bonds. The standard InChI is InChI=1S/C24H28N6O2/c1-17-18(2)26-23(21-6-4-5-11-25-21)28-24(17)29(3)16-22(31)27-19-7-9-20(10-8-19)30-12-14-32-15-13-30/h4-11H,12-16H2,1-3H3,(H,27,31). The number of hydrogen-bond acceptors (Lipinski definition) is 7. The van der Waals surface area contributed by atoms with Crippen molar-refractivity contribution in [2.45, 2.75) is 13.8 Å². The van der Waals surface area contributed by atoms with Crippen molar-refractivity contribution in [2.75, 3.05) is 55.0 Å². The SMILES string of the molecule is Cc1nc(-c2ccccn2)nc(N(C)CC(=O)Nc2ccc(N3CCOCC3)cc2)c1C. The normalized spacial score (nSPS) is 13.7. The minimum atomic E-state index is -0.110. The molecule has 3 aromatic rings. The lowest BCUT2D eigenvalue weighted by Crippen LogP contribution is -2.36. The van der Waals surface area contributed by atoms with Crippen molar-refractivity contribution in [2.24, 2.45) is 0 Å². The molecule has 8 heteroatoms. The van der Waals surface area contributed by atoms with Crippen LogP contribution in [0.25, 0.3) is 11.5 Å². The number of benzene rings is 1. The number of morpholine rings is 1.